The lowest BCUT2D eigenvalue weighted by molar-refractivity contribution is 0.0588. The molecule has 1 amide bonds. The number of carbonyl (C=O) groups is 2. The van der Waals surface area contributed by atoms with Gasteiger partial charge in [0.2, 0.25) is 0 Å². The van der Waals surface area contributed by atoms with Gasteiger partial charge in [0.15, 0.2) is 0 Å². The Hall–Kier alpha value is -2.89. The Morgan fingerprint density at radius 3 is 2.54 bits per heavy atom. The van der Waals surface area contributed by atoms with Gasteiger partial charge in [-0.1, -0.05) is 12.1 Å². The van der Waals surface area contributed by atoms with Crippen LogP contribution in [0.5, 0.6) is 0 Å². The molecule has 6 heteroatoms. The lowest BCUT2D eigenvalue weighted by atomic mass is 10.00. The van der Waals surface area contributed by atoms with E-state index in [0.717, 1.165) is 11.1 Å². The molecule has 0 saturated heterocycles. The van der Waals surface area contributed by atoms with Gasteiger partial charge in [-0.25, -0.2) is 4.79 Å². The number of nitrogens with zero attached hydrogens (tertiary/aromatic N) is 2. The van der Waals surface area contributed by atoms with Crippen molar-refractivity contribution in [3.05, 3.63) is 69.1 Å². The quantitative estimate of drug-likeness (QED) is 0.782. The molecule has 2 aromatic rings. The maximum atomic E-state index is 12.9. The molecular weight excluding hydrogens is 308 g/mol. The summed E-state index contributed by atoms with van der Waals surface area (Å²) in [4.78, 5) is 38.1. The molecule has 0 spiro atoms. The number of aryl methyl sites for hydroxylation is 1. The Morgan fingerprint density at radius 1 is 1.12 bits per heavy atom. The van der Waals surface area contributed by atoms with E-state index in [-0.39, 0.29) is 17.0 Å². The van der Waals surface area contributed by atoms with E-state index < -0.39 is 5.97 Å². The van der Waals surface area contributed by atoms with Crippen LogP contribution in [-0.2, 0) is 24.8 Å². The minimum absolute atomic E-state index is 0.0513. The summed E-state index contributed by atoms with van der Waals surface area (Å²) in [5.41, 5.74) is 2.47. The van der Waals surface area contributed by atoms with Gasteiger partial charge in [0, 0.05) is 32.4 Å². The van der Waals surface area contributed by atoms with E-state index in [4.69, 9.17) is 4.74 Å². The van der Waals surface area contributed by atoms with E-state index in [1.807, 2.05) is 0 Å². The van der Waals surface area contributed by atoms with Crippen molar-refractivity contribution in [2.24, 2.45) is 7.05 Å². The fourth-order valence-electron chi connectivity index (χ4n) is 2.94. The maximum absolute atomic E-state index is 12.9. The minimum atomic E-state index is -0.529. The molecule has 1 aliphatic rings. The standard InChI is InChI=1S/C18H18N2O4/c1-19-10-13-11-20(8-7-12(13)9-16(19)21)17(22)14-5-3-4-6-15(14)18(23)24-2/h3-6,9-10H,7-8,11H2,1-2H3. The summed E-state index contributed by atoms with van der Waals surface area (Å²) < 4.78 is 6.26. The highest BCUT2D eigenvalue weighted by atomic mass is 16.5. The predicted molar refractivity (Wildman–Crippen MR) is 87.9 cm³/mol. The zero-order valence-corrected chi connectivity index (χ0v) is 13.6. The second kappa shape index (κ2) is 6.31. The normalized spacial score (nSPS) is 13.3. The van der Waals surface area contributed by atoms with Crippen LogP contribution in [0.4, 0.5) is 0 Å². The molecule has 1 aromatic carbocycles. The van der Waals surface area contributed by atoms with Crippen LogP contribution >= 0.6 is 0 Å². The van der Waals surface area contributed by atoms with E-state index in [1.54, 1.807) is 48.5 Å². The highest BCUT2D eigenvalue weighted by molar-refractivity contribution is 6.05. The van der Waals surface area contributed by atoms with Gasteiger partial charge in [0.1, 0.15) is 0 Å². The fourth-order valence-corrected chi connectivity index (χ4v) is 2.94. The molecule has 0 unspecified atom stereocenters. The lowest BCUT2D eigenvalue weighted by Gasteiger charge is -2.29. The number of fused-ring (bicyclic) bond motifs is 1. The third-order valence-corrected chi connectivity index (χ3v) is 4.27. The number of hydrogen-bond acceptors (Lipinski definition) is 4. The third kappa shape index (κ3) is 2.82. The van der Waals surface area contributed by atoms with E-state index >= 15 is 0 Å². The van der Waals surface area contributed by atoms with Gasteiger partial charge in [-0.2, -0.15) is 0 Å². The van der Waals surface area contributed by atoms with Gasteiger partial charge < -0.3 is 14.2 Å². The average molecular weight is 326 g/mol. The van der Waals surface area contributed by atoms with Crippen LogP contribution in [-0.4, -0.2) is 35.0 Å². The first-order chi connectivity index (χ1) is 11.5. The van der Waals surface area contributed by atoms with E-state index in [9.17, 15) is 14.4 Å². The fraction of sp³-hybridized carbons (Fsp3) is 0.278. The summed E-state index contributed by atoms with van der Waals surface area (Å²) in [7, 11) is 2.98. The third-order valence-electron chi connectivity index (χ3n) is 4.27. The zero-order chi connectivity index (χ0) is 17.3. The van der Waals surface area contributed by atoms with E-state index in [2.05, 4.69) is 0 Å². The molecule has 0 N–H and O–H groups in total. The molecule has 0 fully saturated rings. The van der Waals surface area contributed by atoms with Crippen LogP contribution in [0.25, 0.3) is 0 Å². The summed E-state index contributed by atoms with van der Waals surface area (Å²) in [6.07, 6.45) is 2.39. The average Bonchev–Trinajstić information content (AvgIpc) is 2.61. The number of carbonyl (C=O) groups excluding carboxylic acids is 2. The molecule has 6 nitrogen and oxygen atoms in total. The molecule has 124 valence electrons. The summed E-state index contributed by atoms with van der Waals surface area (Å²) in [6.45, 7) is 0.923. The molecule has 0 bridgehead atoms. The number of methoxy groups -OCH3 is 1. The number of rotatable bonds is 2. The van der Waals surface area contributed by atoms with Gasteiger partial charge in [-0.3, -0.25) is 9.59 Å². The first-order valence-electron chi connectivity index (χ1n) is 7.66. The Morgan fingerprint density at radius 2 is 1.83 bits per heavy atom. The predicted octanol–water partition coefficient (Wildman–Crippen LogP) is 1.37. The first-order valence-corrected chi connectivity index (χ1v) is 7.66. The first kappa shape index (κ1) is 16.0. The van der Waals surface area contributed by atoms with Gasteiger partial charge in [0.25, 0.3) is 11.5 Å². The summed E-state index contributed by atoms with van der Waals surface area (Å²) in [5.74, 6) is -0.741. The van der Waals surface area contributed by atoms with Crippen molar-refractivity contribution in [2.75, 3.05) is 13.7 Å². The molecule has 1 aliphatic heterocycles. The van der Waals surface area contributed by atoms with Gasteiger partial charge in [-0.15, -0.1) is 0 Å². The van der Waals surface area contributed by atoms with Crippen LogP contribution < -0.4 is 5.56 Å². The number of benzene rings is 1. The molecule has 0 atom stereocenters. The van der Waals surface area contributed by atoms with Crippen LogP contribution in [0.15, 0.2) is 41.3 Å². The Balaban J connectivity index is 1.91. The topological polar surface area (TPSA) is 68.6 Å². The monoisotopic (exact) mass is 326 g/mol. The van der Waals surface area contributed by atoms with E-state index in [1.165, 1.54) is 11.7 Å². The van der Waals surface area contributed by atoms with Crippen LogP contribution in [0.3, 0.4) is 0 Å². The number of aromatic nitrogens is 1. The molecule has 0 aliphatic carbocycles. The van der Waals surface area contributed by atoms with Crippen molar-refractivity contribution in [3.63, 3.8) is 0 Å². The SMILES string of the molecule is COC(=O)c1ccccc1C(=O)N1CCc2cc(=O)n(C)cc2C1. The van der Waals surface area contributed by atoms with Crippen molar-refractivity contribution in [3.8, 4) is 0 Å². The summed E-state index contributed by atoms with van der Waals surface area (Å²) in [6, 6.07) is 8.26. The van der Waals surface area contributed by atoms with Gasteiger partial charge in [-0.05, 0) is 29.7 Å². The molecule has 2 heterocycles. The summed E-state index contributed by atoms with van der Waals surface area (Å²) in [5, 5.41) is 0. The van der Waals surface area contributed by atoms with Crippen molar-refractivity contribution in [1.82, 2.24) is 9.47 Å². The van der Waals surface area contributed by atoms with Crippen LogP contribution in [0.1, 0.15) is 31.8 Å². The zero-order valence-electron chi connectivity index (χ0n) is 13.6. The Kier molecular flexibility index (Phi) is 4.20. The largest absolute Gasteiger partial charge is 0.465 e. The minimum Gasteiger partial charge on any atom is -0.465 e. The van der Waals surface area contributed by atoms with Crippen molar-refractivity contribution in [1.29, 1.82) is 0 Å². The molecule has 0 radical (unpaired) electrons. The molecule has 3 rings (SSSR count). The number of ether oxygens (including phenoxy) is 1. The molecule has 24 heavy (non-hydrogen) atoms. The van der Waals surface area contributed by atoms with Crippen molar-refractivity contribution in [2.45, 2.75) is 13.0 Å². The highest BCUT2D eigenvalue weighted by Gasteiger charge is 2.25. The lowest BCUT2D eigenvalue weighted by Crippen LogP contribution is -2.37. The van der Waals surface area contributed by atoms with Crippen molar-refractivity contribution < 1.29 is 14.3 Å². The second-order valence-corrected chi connectivity index (χ2v) is 5.79. The molecule has 1 aromatic heterocycles. The van der Waals surface area contributed by atoms with Crippen molar-refractivity contribution >= 4 is 11.9 Å². The molecular formula is C18H18N2O4. The summed E-state index contributed by atoms with van der Waals surface area (Å²) >= 11 is 0. The van der Waals surface area contributed by atoms with Crippen LogP contribution in [0, 0.1) is 0 Å². The Labute approximate surface area is 139 Å². The van der Waals surface area contributed by atoms with E-state index in [0.29, 0.717) is 25.1 Å². The van der Waals surface area contributed by atoms with Gasteiger partial charge in [0.05, 0.1) is 18.2 Å². The second-order valence-electron chi connectivity index (χ2n) is 5.79. The van der Waals surface area contributed by atoms with Crippen LogP contribution in [0.2, 0.25) is 0 Å². The number of hydrogen-bond donors (Lipinski definition) is 0. The Bertz CT molecular complexity index is 870. The number of esters is 1. The number of pyridine rings is 1. The molecule has 0 saturated carbocycles. The highest BCUT2D eigenvalue weighted by Crippen LogP contribution is 2.21. The smallest absolute Gasteiger partial charge is 0.338 e. The maximum Gasteiger partial charge on any atom is 0.338 e. The van der Waals surface area contributed by atoms with Gasteiger partial charge >= 0.3 is 5.97 Å². The number of amides is 1.